The van der Waals surface area contributed by atoms with Crippen molar-refractivity contribution in [3.05, 3.63) is 120 Å². The summed E-state index contributed by atoms with van der Waals surface area (Å²) in [4.78, 5) is 26.1. The predicted octanol–water partition coefficient (Wildman–Crippen LogP) is 5.08. The summed E-state index contributed by atoms with van der Waals surface area (Å²) in [5.41, 5.74) is 8.14. The van der Waals surface area contributed by atoms with Gasteiger partial charge in [-0.1, -0.05) is 30.3 Å². The maximum atomic E-state index is 13.6. The molecule has 5 aromatic rings. The minimum atomic E-state index is -0.556. The molecule has 196 valence electrons. The molecule has 0 saturated heterocycles. The number of halogens is 1. The highest BCUT2D eigenvalue weighted by Crippen LogP contribution is 2.24. The Labute approximate surface area is 224 Å². The van der Waals surface area contributed by atoms with E-state index in [0.29, 0.717) is 23.1 Å². The Morgan fingerprint density at radius 3 is 2.54 bits per heavy atom. The van der Waals surface area contributed by atoms with E-state index < -0.39 is 17.8 Å². The number of nitrogens with one attached hydrogen (secondary N) is 2. The lowest BCUT2D eigenvalue weighted by Crippen LogP contribution is -2.33. The van der Waals surface area contributed by atoms with E-state index in [1.54, 1.807) is 29.1 Å². The predicted molar refractivity (Wildman–Crippen MR) is 146 cm³/mol. The molecule has 0 fully saturated rings. The number of amides is 1. The highest BCUT2D eigenvalue weighted by molar-refractivity contribution is 5.92. The van der Waals surface area contributed by atoms with Crippen molar-refractivity contribution < 1.29 is 13.9 Å². The lowest BCUT2D eigenvalue weighted by molar-refractivity contribution is 0.0933. The fourth-order valence-corrected chi connectivity index (χ4v) is 3.90. The van der Waals surface area contributed by atoms with Crippen LogP contribution in [0.2, 0.25) is 0 Å². The third-order valence-electron chi connectivity index (χ3n) is 5.89. The van der Waals surface area contributed by atoms with Crippen LogP contribution in [0.4, 0.5) is 16.0 Å². The van der Waals surface area contributed by atoms with Crippen LogP contribution in [0.1, 0.15) is 27.7 Å². The van der Waals surface area contributed by atoms with Crippen molar-refractivity contribution in [1.29, 1.82) is 0 Å². The molecule has 0 spiro atoms. The molecule has 0 aliphatic heterocycles. The number of hydrogen-bond donors (Lipinski definition) is 3. The number of aryl methyl sites for hydroxylation is 1. The maximum absolute atomic E-state index is 13.6. The standard InChI is InChI=1S/C29H26FN7O2/c1-19-16-32-29(34-22-10-12-24(13-11-22)39-23-8-3-2-4-9-23)36-27(19)37-17-26(33-18-37)28(38)35-25(15-31)20-6-5-7-21(30)14-20/h2-14,16-18,25H,15,31H2,1H3,(H,35,38)(H,32,34,36). The van der Waals surface area contributed by atoms with Gasteiger partial charge in [0.1, 0.15) is 35.2 Å². The normalized spacial score (nSPS) is 11.6. The van der Waals surface area contributed by atoms with E-state index in [0.717, 1.165) is 17.0 Å². The molecule has 2 heterocycles. The zero-order valence-electron chi connectivity index (χ0n) is 21.1. The SMILES string of the molecule is Cc1cnc(Nc2ccc(Oc3ccccc3)cc2)nc1-n1cnc(C(=O)NC(CN)c2cccc(F)c2)c1. The number of benzene rings is 3. The van der Waals surface area contributed by atoms with Gasteiger partial charge in [-0.05, 0) is 61.0 Å². The third kappa shape index (κ3) is 6.25. The number of ether oxygens (including phenoxy) is 1. The number of hydrogen-bond acceptors (Lipinski definition) is 7. The molecule has 10 heteroatoms. The van der Waals surface area contributed by atoms with Gasteiger partial charge in [0.15, 0.2) is 0 Å². The fraction of sp³-hybridized carbons (Fsp3) is 0.103. The number of aromatic nitrogens is 4. The van der Waals surface area contributed by atoms with Gasteiger partial charge in [0.05, 0.1) is 6.04 Å². The molecule has 1 amide bonds. The molecule has 0 bridgehead atoms. The number of nitrogens with two attached hydrogens (primary N) is 1. The number of imidazole rings is 1. The van der Waals surface area contributed by atoms with Crippen LogP contribution in [-0.4, -0.2) is 32.0 Å². The Morgan fingerprint density at radius 1 is 1.03 bits per heavy atom. The first-order valence-electron chi connectivity index (χ1n) is 12.2. The minimum absolute atomic E-state index is 0.106. The van der Waals surface area contributed by atoms with Crippen molar-refractivity contribution >= 4 is 17.5 Å². The molecular formula is C29H26FN7O2. The van der Waals surface area contributed by atoms with Gasteiger partial charge in [0.25, 0.3) is 5.91 Å². The second-order valence-electron chi connectivity index (χ2n) is 8.75. The molecular weight excluding hydrogens is 497 g/mol. The van der Waals surface area contributed by atoms with Crippen LogP contribution in [0.25, 0.3) is 5.82 Å². The van der Waals surface area contributed by atoms with E-state index in [1.807, 2.05) is 61.5 Å². The molecule has 4 N–H and O–H groups in total. The highest BCUT2D eigenvalue weighted by atomic mass is 19.1. The van der Waals surface area contributed by atoms with Gasteiger partial charge < -0.3 is 21.1 Å². The minimum Gasteiger partial charge on any atom is -0.457 e. The number of carbonyl (C=O) groups is 1. The van der Waals surface area contributed by atoms with E-state index in [9.17, 15) is 9.18 Å². The zero-order chi connectivity index (χ0) is 27.2. The summed E-state index contributed by atoms with van der Waals surface area (Å²) < 4.78 is 21.1. The topological polar surface area (TPSA) is 120 Å². The lowest BCUT2D eigenvalue weighted by atomic mass is 10.1. The second-order valence-corrected chi connectivity index (χ2v) is 8.75. The Kier molecular flexibility index (Phi) is 7.56. The fourth-order valence-electron chi connectivity index (χ4n) is 3.90. The van der Waals surface area contributed by atoms with Crippen molar-refractivity contribution in [1.82, 2.24) is 24.8 Å². The maximum Gasteiger partial charge on any atom is 0.272 e. The van der Waals surface area contributed by atoms with Crippen molar-refractivity contribution in [2.45, 2.75) is 13.0 Å². The molecule has 39 heavy (non-hydrogen) atoms. The summed E-state index contributed by atoms with van der Waals surface area (Å²) in [7, 11) is 0. The molecule has 2 aromatic heterocycles. The first kappa shape index (κ1) is 25.6. The lowest BCUT2D eigenvalue weighted by Gasteiger charge is -2.16. The Morgan fingerprint density at radius 2 is 1.79 bits per heavy atom. The van der Waals surface area contributed by atoms with Crippen LogP contribution in [0, 0.1) is 12.7 Å². The first-order valence-corrected chi connectivity index (χ1v) is 12.2. The quantitative estimate of drug-likeness (QED) is 0.247. The van der Waals surface area contributed by atoms with Gasteiger partial charge in [-0.25, -0.2) is 14.4 Å². The Bertz CT molecular complexity index is 1570. The molecule has 1 atom stereocenters. The smallest absolute Gasteiger partial charge is 0.272 e. The van der Waals surface area contributed by atoms with Crippen molar-refractivity contribution in [2.75, 3.05) is 11.9 Å². The van der Waals surface area contributed by atoms with Crippen LogP contribution in [0.3, 0.4) is 0 Å². The van der Waals surface area contributed by atoms with Crippen LogP contribution in [0.15, 0.2) is 97.6 Å². The van der Waals surface area contributed by atoms with Crippen molar-refractivity contribution in [3.8, 4) is 17.3 Å². The van der Waals surface area contributed by atoms with Gasteiger partial charge in [-0.3, -0.25) is 9.36 Å². The van der Waals surface area contributed by atoms with Crippen LogP contribution in [-0.2, 0) is 0 Å². The van der Waals surface area contributed by atoms with Crippen molar-refractivity contribution in [3.63, 3.8) is 0 Å². The summed E-state index contributed by atoms with van der Waals surface area (Å²) in [6.45, 7) is 1.97. The van der Waals surface area contributed by atoms with Crippen LogP contribution >= 0.6 is 0 Å². The summed E-state index contributed by atoms with van der Waals surface area (Å²) in [6, 6.07) is 22.4. The number of anilines is 2. The molecule has 0 radical (unpaired) electrons. The van der Waals surface area contributed by atoms with E-state index in [1.165, 1.54) is 18.5 Å². The summed E-state index contributed by atoms with van der Waals surface area (Å²) in [5, 5.41) is 5.99. The van der Waals surface area contributed by atoms with Gasteiger partial charge in [0, 0.05) is 30.2 Å². The molecule has 0 aliphatic rings. The zero-order valence-corrected chi connectivity index (χ0v) is 21.1. The first-order chi connectivity index (χ1) is 19.0. The van der Waals surface area contributed by atoms with Crippen LogP contribution in [0.5, 0.6) is 11.5 Å². The highest BCUT2D eigenvalue weighted by Gasteiger charge is 2.18. The number of carbonyl (C=O) groups excluding carboxylic acids is 1. The molecule has 9 nitrogen and oxygen atoms in total. The van der Waals surface area contributed by atoms with Gasteiger partial charge in [0.2, 0.25) is 5.95 Å². The van der Waals surface area contributed by atoms with Gasteiger partial charge in [-0.2, -0.15) is 4.98 Å². The average Bonchev–Trinajstić information content (AvgIpc) is 3.45. The third-order valence-corrected chi connectivity index (χ3v) is 5.89. The molecule has 0 aliphatic carbocycles. The van der Waals surface area contributed by atoms with E-state index in [2.05, 4.69) is 25.6 Å². The number of nitrogens with zero attached hydrogens (tertiary/aromatic N) is 4. The monoisotopic (exact) mass is 523 g/mol. The second kappa shape index (κ2) is 11.5. The largest absolute Gasteiger partial charge is 0.457 e. The Hall–Kier alpha value is -5.09. The van der Waals surface area contributed by atoms with E-state index in [-0.39, 0.29) is 12.2 Å². The Balaban J connectivity index is 1.28. The molecule has 1 unspecified atom stereocenters. The summed E-state index contributed by atoms with van der Waals surface area (Å²) in [5.74, 6) is 1.56. The molecule has 0 saturated carbocycles. The van der Waals surface area contributed by atoms with E-state index in [4.69, 9.17) is 10.5 Å². The van der Waals surface area contributed by atoms with E-state index >= 15 is 0 Å². The van der Waals surface area contributed by atoms with Gasteiger partial charge in [-0.15, -0.1) is 0 Å². The molecule has 3 aromatic carbocycles. The molecule has 5 rings (SSSR count). The summed E-state index contributed by atoms with van der Waals surface area (Å²) in [6.07, 6.45) is 4.76. The van der Waals surface area contributed by atoms with Gasteiger partial charge >= 0.3 is 0 Å². The van der Waals surface area contributed by atoms with Crippen LogP contribution < -0.4 is 21.1 Å². The average molecular weight is 524 g/mol. The summed E-state index contributed by atoms with van der Waals surface area (Å²) >= 11 is 0. The number of rotatable bonds is 9. The number of para-hydroxylation sites is 1. The van der Waals surface area contributed by atoms with Crippen molar-refractivity contribution in [2.24, 2.45) is 5.73 Å².